The molecule has 0 aliphatic heterocycles. The Labute approximate surface area is 135 Å². The van der Waals surface area contributed by atoms with Gasteiger partial charge in [-0.05, 0) is 36.8 Å². The minimum atomic E-state index is -0.237. The largest absolute Gasteiger partial charge is 0.492 e. The summed E-state index contributed by atoms with van der Waals surface area (Å²) in [6.45, 7) is 2.91. The molecule has 0 radical (unpaired) electrons. The summed E-state index contributed by atoms with van der Waals surface area (Å²) in [5, 5.41) is 0. The molecular formula is C15H15BrN4O2. The number of aryl methyl sites for hydroxylation is 1. The number of ether oxygens (including phenoxy) is 1. The molecule has 0 aliphatic rings. The van der Waals surface area contributed by atoms with Gasteiger partial charge in [-0.1, -0.05) is 15.9 Å². The van der Waals surface area contributed by atoms with Crippen molar-refractivity contribution in [3.05, 3.63) is 50.9 Å². The van der Waals surface area contributed by atoms with Crippen LogP contribution < -0.4 is 16.0 Å². The Morgan fingerprint density at radius 2 is 2.09 bits per heavy atom. The Balaban J connectivity index is 1.80. The second-order valence-corrected chi connectivity index (χ2v) is 5.87. The lowest BCUT2D eigenvalue weighted by atomic mass is 10.3. The zero-order valence-electron chi connectivity index (χ0n) is 12.0. The van der Waals surface area contributed by atoms with Crippen LogP contribution in [-0.4, -0.2) is 21.1 Å². The number of hydrogen-bond acceptors (Lipinski definition) is 4. The highest BCUT2D eigenvalue weighted by Crippen LogP contribution is 2.18. The number of H-pyrrole nitrogens is 1. The predicted octanol–water partition coefficient (Wildman–Crippen LogP) is 2.46. The number of nitrogens with two attached hydrogens (primary N) is 1. The Kier molecular flexibility index (Phi) is 3.89. The molecule has 0 fully saturated rings. The van der Waals surface area contributed by atoms with Crippen LogP contribution in [-0.2, 0) is 6.54 Å². The van der Waals surface area contributed by atoms with E-state index < -0.39 is 0 Å². The average molecular weight is 363 g/mol. The van der Waals surface area contributed by atoms with E-state index in [0.29, 0.717) is 24.2 Å². The minimum Gasteiger partial charge on any atom is -0.492 e. The maximum Gasteiger partial charge on any atom is 0.276 e. The number of aromatic amines is 1. The first-order valence-electron chi connectivity index (χ1n) is 6.78. The number of rotatable bonds is 4. The summed E-state index contributed by atoms with van der Waals surface area (Å²) < 4.78 is 8.53. The second kappa shape index (κ2) is 5.84. The number of aromatic nitrogens is 3. The first-order chi connectivity index (χ1) is 10.5. The van der Waals surface area contributed by atoms with Crippen molar-refractivity contribution in [1.82, 2.24) is 14.5 Å². The molecule has 2 heterocycles. The highest BCUT2D eigenvalue weighted by atomic mass is 79.9. The van der Waals surface area contributed by atoms with Crippen LogP contribution in [0.1, 0.15) is 5.56 Å². The van der Waals surface area contributed by atoms with Crippen LogP contribution in [0.4, 0.5) is 5.95 Å². The zero-order chi connectivity index (χ0) is 15.7. The van der Waals surface area contributed by atoms with Crippen molar-refractivity contribution in [2.24, 2.45) is 0 Å². The summed E-state index contributed by atoms with van der Waals surface area (Å²) in [6, 6.07) is 7.61. The molecule has 0 unspecified atom stereocenters. The lowest BCUT2D eigenvalue weighted by molar-refractivity contribution is 0.300. The van der Waals surface area contributed by atoms with Crippen LogP contribution in [0.5, 0.6) is 5.75 Å². The number of nitrogens with one attached hydrogen (secondary N) is 1. The van der Waals surface area contributed by atoms with Gasteiger partial charge in [-0.25, -0.2) is 4.98 Å². The molecule has 0 bridgehead atoms. The SMILES string of the molecule is Cc1cn(CCOc2ccc(Br)cc2)c2c(=O)[nH]c(N)nc12. The smallest absolute Gasteiger partial charge is 0.276 e. The van der Waals surface area contributed by atoms with Crippen LogP contribution in [0.2, 0.25) is 0 Å². The van der Waals surface area contributed by atoms with E-state index in [1.54, 1.807) is 0 Å². The monoisotopic (exact) mass is 362 g/mol. The topological polar surface area (TPSA) is 85.9 Å². The summed E-state index contributed by atoms with van der Waals surface area (Å²) >= 11 is 3.38. The van der Waals surface area contributed by atoms with E-state index in [0.717, 1.165) is 15.8 Å². The Bertz CT molecular complexity index is 868. The van der Waals surface area contributed by atoms with Crippen LogP contribution in [0.25, 0.3) is 11.0 Å². The third kappa shape index (κ3) is 2.85. The molecule has 3 rings (SSSR count). The van der Waals surface area contributed by atoms with Crippen molar-refractivity contribution < 1.29 is 4.74 Å². The molecule has 0 saturated heterocycles. The van der Waals surface area contributed by atoms with Crippen molar-refractivity contribution in [3.63, 3.8) is 0 Å². The fourth-order valence-electron chi connectivity index (χ4n) is 2.35. The summed E-state index contributed by atoms with van der Waals surface area (Å²) in [5.74, 6) is 0.914. The van der Waals surface area contributed by atoms with E-state index in [1.165, 1.54) is 0 Å². The molecular weight excluding hydrogens is 348 g/mol. The number of anilines is 1. The minimum absolute atomic E-state index is 0.129. The number of halogens is 1. The van der Waals surface area contributed by atoms with Gasteiger partial charge in [0.15, 0.2) is 0 Å². The van der Waals surface area contributed by atoms with Gasteiger partial charge in [0.1, 0.15) is 23.4 Å². The third-order valence-electron chi connectivity index (χ3n) is 3.34. The summed E-state index contributed by atoms with van der Waals surface area (Å²) in [4.78, 5) is 18.8. The fourth-order valence-corrected chi connectivity index (χ4v) is 2.62. The number of fused-ring (bicyclic) bond motifs is 1. The molecule has 0 saturated carbocycles. The lowest BCUT2D eigenvalue weighted by Gasteiger charge is -2.08. The van der Waals surface area contributed by atoms with E-state index in [2.05, 4.69) is 25.9 Å². The highest BCUT2D eigenvalue weighted by Gasteiger charge is 2.11. The Morgan fingerprint density at radius 1 is 1.36 bits per heavy atom. The molecule has 0 atom stereocenters. The van der Waals surface area contributed by atoms with Gasteiger partial charge in [-0.3, -0.25) is 9.78 Å². The van der Waals surface area contributed by atoms with Crippen LogP contribution >= 0.6 is 15.9 Å². The summed E-state index contributed by atoms with van der Waals surface area (Å²) in [6.07, 6.45) is 1.89. The van der Waals surface area contributed by atoms with Gasteiger partial charge in [-0.15, -0.1) is 0 Å². The van der Waals surface area contributed by atoms with Gasteiger partial charge in [0, 0.05) is 10.7 Å². The quantitative estimate of drug-likeness (QED) is 0.746. The third-order valence-corrected chi connectivity index (χ3v) is 3.87. The zero-order valence-corrected chi connectivity index (χ0v) is 13.6. The van der Waals surface area contributed by atoms with Crippen molar-refractivity contribution >= 4 is 32.9 Å². The molecule has 6 nitrogen and oxygen atoms in total. The van der Waals surface area contributed by atoms with Crippen molar-refractivity contribution in [1.29, 1.82) is 0 Å². The number of hydrogen-bond donors (Lipinski definition) is 2. The van der Waals surface area contributed by atoms with Gasteiger partial charge < -0.3 is 15.0 Å². The predicted molar refractivity (Wildman–Crippen MR) is 89.1 cm³/mol. The van der Waals surface area contributed by atoms with Crippen molar-refractivity contribution in [2.75, 3.05) is 12.3 Å². The van der Waals surface area contributed by atoms with E-state index in [-0.39, 0.29) is 11.5 Å². The normalized spacial score (nSPS) is 11.0. The number of benzene rings is 1. The Morgan fingerprint density at radius 3 is 2.82 bits per heavy atom. The van der Waals surface area contributed by atoms with Gasteiger partial charge in [0.05, 0.1) is 6.54 Å². The molecule has 2 aromatic heterocycles. The maximum atomic E-state index is 12.1. The van der Waals surface area contributed by atoms with Gasteiger partial charge in [-0.2, -0.15) is 0 Å². The molecule has 3 aromatic rings. The molecule has 7 heteroatoms. The fraction of sp³-hybridized carbons (Fsp3) is 0.200. The molecule has 0 spiro atoms. The van der Waals surface area contributed by atoms with Gasteiger partial charge in [0.2, 0.25) is 5.95 Å². The van der Waals surface area contributed by atoms with E-state index in [1.807, 2.05) is 42.0 Å². The molecule has 3 N–H and O–H groups in total. The van der Waals surface area contributed by atoms with E-state index in [9.17, 15) is 4.79 Å². The highest BCUT2D eigenvalue weighted by molar-refractivity contribution is 9.10. The first-order valence-corrected chi connectivity index (χ1v) is 7.57. The van der Waals surface area contributed by atoms with Crippen LogP contribution in [0.3, 0.4) is 0 Å². The van der Waals surface area contributed by atoms with Crippen molar-refractivity contribution in [2.45, 2.75) is 13.5 Å². The molecule has 114 valence electrons. The Hall–Kier alpha value is -2.28. The molecule has 0 aliphatic carbocycles. The second-order valence-electron chi connectivity index (χ2n) is 4.96. The standard InChI is InChI=1S/C15H15BrN4O2/c1-9-8-20(13-12(9)18-15(17)19-14(13)21)6-7-22-11-4-2-10(16)3-5-11/h2-5,8H,6-7H2,1H3,(H3,17,18,19,21). The van der Waals surface area contributed by atoms with Gasteiger partial charge >= 0.3 is 0 Å². The summed E-state index contributed by atoms with van der Waals surface area (Å²) in [5.41, 5.74) is 7.41. The first kappa shape index (κ1) is 14.6. The van der Waals surface area contributed by atoms with Gasteiger partial charge in [0.25, 0.3) is 5.56 Å². The maximum absolute atomic E-state index is 12.1. The van der Waals surface area contributed by atoms with Crippen molar-refractivity contribution in [3.8, 4) is 5.75 Å². The number of nitrogens with zero attached hydrogens (tertiary/aromatic N) is 2. The molecule has 1 aromatic carbocycles. The lowest BCUT2D eigenvalue weighted by Crippen LogP contribution is -2.16. The number of nitrogen functional groups attached to an aromatic ring is 1. The van der Waals surface area contributed by atoms with E-state index >= 15 is 0 Å². The molecule has 22 heavy (non-hydrogen) atoms. The average Bonchev–Trinajstić information content (AvgIpc) is 2.78. The molecule has 0 amide bonds. The van der Waals surface area contributed by atoms with E-state index in [4.69, 9.17) is 10.5 Å². The van der Waals surface area contributed by atoms with Crippen LogP contribution in [0.15, 0.2) is 39.7 Å². The summed E-state index contributed by atoms with van der Waals surface area (Å²) in [7, 11) is 0. The van der Waals surface area contributed by atoms with Crippen LogP contribution in [0, 0.1) is 6.92 Å².